The third-order valence-corrected chi connectivity index (χ3v) is 7.30. The Balaban J connectivity index is 1.39. The Morgan fingerprint density at radius 1 is 1.06 bits per heavy atom. The zero-order valence-electron chi connectivity index (χ0n) is 20.3. The predicted octanol–water partition coefficient (Wildman–Crippen LogP) is 4.14. The molecule has 9 heteroatoms. The molecule has 1 atom stereocenters. The smallest absolute Gasteiger partial charge is 0.319 e. The molecule has 184 valence electrons. The lowest BCUT2D eigenvalue weighted by molar-refractivity contribution is -0.384. The first-order chi connectivity index (χ1) is 17.1. The minimum Gasteiger partial charge on any atom is -0.319 e. The van der Waals surface area contributed by atoms with Gasteiger partial charge < -0.3 is 9.88 Å². The summed E-state index contributed by atoms with van der Waals surface area (Å²) >= 11 is 0. The first kappa shape index (κ1) is 23.5. The Labute approximate surface area is 207 Å². The van der Waals surface area contributed by atoms with Crippen molar-refractivity contribution >= 4 is 23.4 Å². The van der Waals surface area contributed by atoms with E-state index in [2.05, 4.69) is 23.5 Å². The molecular weight excluding hydrogens is 460 g/mol. The summed E-state index contributed by atoms with van der Waals surface area (Å²) in [5.41, 5.74) is 4.64. The molecule has 3 aromatic rings. The van der Waals surface area contributed by atoms with Crippen LogP contribution in [0.5, 0.6) is 0 Å². The van der Waals surface area contributed by atoms with Gasteiger partial charge in [-0.2, -0.15) is 0 Å². The van der Waals surface area contributed by atoms with E-state index in [9.17, 15) is 24.5 Å². The topological polar surface area (TPSA) is 115 Å². The van der Waals surface area contributed by atoms with E-state index >= 15 is 0 Å². The molecule has 2 aromatic carbocycles. The standard InChI is InChI=1S/C27H26N4O5/c1-16-13-23(17(2)30(16)22-10-7-18-5-4-6-19(18)14-22)24(32)15-29-25(33)27(3,28-26(29)34)20-8-11-21(12-9-20)31(35)36/h7-14H,4-6,15H2,1-3H3,(H,28,34). The number of urea groups is 1. The maximum Gasteiger partial charge on any atom is 0.325 e. The number of nitro groups is 1. The molecule has 0 saturated carbocycles. The van der Waals surface area contributed by atoms with Crippen molar-refractivity contribution < 1.29 is 19.3 Å². The first-order valence-electron chi connectivity index (χ1n) is 11.8. The summed E-state index contributed by atoms with van der Waals surface area (Å²) < 4.78 is 2.03. The number of aromatic nitrogens is 1. The molecule has 1 unspecified atom stereocenters. The van der Waals surface area contributed by atoms with E-state index in [1.54, 1.807) is 6.07 Å². The summed E-state index contributed by atoms with van der Waals surface area (Å²) in [6, 6.07) is 12.9. The predicted molar refractivity (Wildman–Crippen MR) is 132 cm³/mol. The molecule has 1 aliphatic heterocycles. The van der Waals surface area contributed by atoms with Crippen molar-refractivity contribution in [2.45, 2.75) is 45.6 Å². The third kappa shape index (κ3) is 3.67. The number of fused-ring (bicyclic) bond motifs is 1. The van der Waals surface area contributed by atoms with Crippen molar-refractivity contribution in [2.75, 3.05) is 6.54 Å². The zero-order chi connectivity index (χ0) is 25.8. The summed E-state index contributed by atoms with van der Waals surface area (Å²) in [5, 5.41) is 13.6. The van der Waals surface area contributed by atoms with Gasteiger partial charge in [-0.3, -0.25) is 24.6 Å². The molecule has 5 rings (SSSR count). The number of carbonyl (C=O) groups is 3. The summed E-state index contributed by atoms with van der Waals surface area (Å²) in [7, 11) is 0. The maximum atomic E-state index is 13.3. The number of hydrogen-bond acceptors (Lipinski definition) is 5. The Morgan fingerprint density at radius 2 is 1.75 bits per heavy atom. The first-order valence-corrected chi connectivity index (χ1v) is 11.8. The number of non-ortho nitro benzene ring substituents is 1. The molecule has 9 nitrogen and oxygen atoms in total. The van der Waals surface area contributed by atoms with Crippen molar-refractivity contribution in [2.24, 2.45) is 0 Å². The van der Waals surface area contributed by atoms with Crippen LogP contribution in [0, 0.1) is 24.0 Å². The average molecular weight is 487 g/mol. The SMILES string of the molecule is Cc1cc(C(=O)CN2C(=O)NC(C)(c3ccc([N+](=O)[O-])cc3)C2=O)c(C)n1-c1ccc2c(c1)CCC2. The van der Waals surface area contributed by atoms with Gasteiger partial charge in [-0.15, -0.1) is 0 Å². The Morgan fingerprint density at radius 3 is 2.44 bits per heavy atom. The van der Waals surface area contributed by atoms with Gasteiger partial charge in [-0.25, -0.2) is 4.79 Å². The number of hydrogen-bond donors (Lipinski definition) is 1. The van der Waals surface area contributed by atoms with E-state index in [4.69, 9.17) is 0 Å². The van der Waals surface area contributed by atoms with Crippen LogP contribution in [0.1, 0.15) is 51.8 Å². The molecule has 0 radical (unpaired) electrons. The van der Waals surface area contributed by atoms with Crippen LogP contribution in [0.15, 0.2) is 48.5 Å². The summed E-state index contributed by atoms with van der Waals surface area (Å²) in [6.45, 7) is 4.91. The van der Waals surface area contributed by atoms with Crippen molar-refractivity contribution in [3.05, 3.63) is 92.3 Å². The maximum absolute atomic E-state index is 13.3. The lowest BCUT2D eigenvalue weighted by Crippen LogP contribution is -2.41. The van der Waals surface area contributed by atoms with E-state index in [-0.39, 0.29) is 11.5 Å². The van der Waals surface area contributed by atoms with Crippen LogP contribution < -0.4 is 5.32 Å². The highest BCUT2D eigenvalue weighted by atomic mass is 16.6. The third-order valence-electron chi connectivity index (χ3n) is 7.30. The lowest BCUT2D eigenvalue weighted by atomic mass is 9.92. The normalized spacial score (nSPS) is 18.9. The van der Waals surface area contributed by atoms with Crippen molar-refractivity contribution in [1.82, 2.24) is 14.8 Å². The van der Waals surface area contributed by atoms with Gasteiger partial charge >= 0.3 is 6.03 Å². The molecule has 2 heterocycles. The minimum atomic E-state index is -1.42. The Hall–Kier alpha value is -4.27. The van der Waals surface area contributed by atoms with Crippen LogP contribution in [0.4, 0.5) is 10.5 Å². The second kappa shape index (κ2) is 8.44. The van der Waals surface area contributed by atoms with Gasteiger partial charge in [0.25, 0.3) is 11.6 Å². The van der Waals surface area contributed by atoms with Gasteiger partial charge in [-0.1, -0.05) is 6.07 Å². The van der Waals surface area contributed by atoms with Gasteiger partial charge in [0, 0.05) is 34.8 Å². The van der Waals surface area contributed by atoms with Gasteiger partial charge in [0.1, 0.15) is 5.54 Å². The van der Waals surface area contributed by atoms with E-state index in [1.807, 2.05) is 18.4 Å². The summed E-state index contributed by atoms with van der Waals surface area (Å²) in [4.78, 5) is 50.6. The number of rotatable bonds is 6. The molecule has 0 bridgehead atoms. The van der Waals surface area contributed by atoms with Crippen molar-refractivity contribution in [1.29, 1.82) is 0 Å². The van der Waals surface area contributed by atoms with E-state index < -0.39 is 28.9 Å². The van der Waals surface area contributed by atoms with Crippen molar-refractivity contribution in [3.8, 4) is 5.69 Å². The fraction of sp³-hybridized carbons (Fsp3) is 0.296. The van der Waals surface area contributed by atoms with Gasteiger partial charge in [0.15, 0.2) is 5.78 Å². The highest BCUT2D eigenvalue weighted by Crippen LogP contribution is 2.31. The quantitative estimate of drug-likeness (QED) is 0.243. The monoisotopic (exact) mass is 486 g/mol. The Kier molecular flexibility index (Phi) is 5.50. The number of nitrogens with one attached hydrogen (secondary N) is 1. The molecule has 1 aliphatic carbocycles. The van der Waals surface area contributed by atoms with Crippen LogP contribution in [0.3, 0.4) is 0 Å². The van der Waals surface area contributed by atoms with Gasteiger partial charge in [-0.05, 0) is 87.1 Å². The fourth-order valence-corrected chi connectivity index (χ4v) is 5.32. The number of ketones is 1. The van der Waals surface area contributed by atoms with Crippen LogP contribution >= 0.6 is 0 Å². The minimum absolute atomic E-state index is 0.120. The van der Waals surface area contributed by atoms with E-state index in [1.165, 1.54) is 42.3 Å². The molecule has 0 spiro atoms. The zero-order valence-corrected chi connectivity index (χ0v) is 20.3. The number of aryl methyl sites for hydroxylation is 3. The van der Waals surface area contributed by atoms with E-state index in [0.717, 1.165) is 41.2 Å². The molecule has 36 heavy (non-hydrogen) atoms. The second-order valence-electron chi connectivity index (χ2n) is 9.60. The highest BCUT2D eigenvalue weighted by Gasteiger charge is 2.49. The second-order valence-corrected chi connectivity index (χ2v) is 9.60. The number of benzene rings is 2. The summed E-state index contributed by atoms with van der Waals surface area (Å²) in [6.07, 6.45) is 3.29. The number of nitro benzene ring substituents is 1. The van der Waals surface area contributed by atoms with E-state index in [0.29, 0.717) is 11.1 Å². The molecule has 2 aliphatic rings. The van der Waals surface area contributed by atoms with Crippen LogP contribution in [0.25, 0.3) is 5.69 Å². The molecule has 3 amide bonds. The fourth-order valence-electron chi connectivity index (χ4n) is 5.32. The van der Waals surface area contributed by atoms with Gasteiger partial charge in [0.05, 0.1) is 11.5 Å². The molecule has 1 aromatic heterocycles. The molecule has 1 fully saturated rings. The number of carbonyl (C=O) groups excluding carboxylic acids is 3. The highest BCUT2D eigenvalue weighted by molar-refractivity contribution is 6.11. The number of nitrogens with zero attached hydrogens (tertiary/aromatic N) is 3. The van der Waals surface area contributed by atoms with Crippen LogP contribution in [-0.4, -0.2) is 38.7 Å². The molecular formula is C27H26N4O5. The number of imide groups is 1. The van der Waals surface area contributed by atoms with Crippen LogP contribution in [-0.2, 0) is 23.2 Å². The number of Topliss-reactive ketones (excluding diaryl/α,β-unsaturated/α-hetero) is 1. The van der Waals surface area contributed by atoms with Gasteiger partial charge in [0.2, 0.25) is 0 Å². The van der Waals surface area contributed by atoms with Crippen molar-refractivity contribution in [3.63, 3.8) is 0 Å². The number of amides is 3. The lowest BCUT2D eigenvalue weighted by Gasteiger charge is -2.22. The largest absolute Gasteiger partial charge is 0.325 e. The Bertz CT molecular complexity index is 1440. The van der Waals surface area contributed by atoms with Crippen LogP contribution in [0.2, 0.25) is 0 Å². The summed E-state index contributed by atoms with van der Waals surface area (Å²) in [5.74, 6) is -0.922. The average Bonchev–Trinajstić information content (AvgIpc) is 3.50. The molecule has 1 N–H and O–H groups in total. The molecule has 1 saturated heterocycles.